The van der Waals surface area contributed by atoms with Crippen molar-refractivity contribution in [1.82, 2.24) is 0 Å². The number of carbonyl (C=O) groups is 2. The Labute approximate surface area is 130 Å². The highest BCUT2D eigenvalue weighted by atomic mass is 16.2. The molecule has 1 aliphatic rings. The van der Waals surface area contributed by atoms with Crippen LogP contribution in [0.1, 0.15) is 35.7 Å². The second-order valence-corrected chi connectivity index (χ2v) is 6.42. The van der Waals surface area contributed by atoms with Crippen molar-refractivity contribution in [2.45, 2.75) is 19.8 Å². The first-order valence-corrected chi connectivity index (χ1v) is 7.46. The number of amides is 1. The number of rotatable bonds is 2. The first-order chi connectivity index (χ1) is 10.5. The van der Waals surface area contributed by atoms with Crippen LogP contribution in [0.2, 0.25) is 0 Å². The third-order valence-corrected chi connectivity index (χ3v) is 4.37. The Morgan fingerprint density at radius 2 is 1.73 bits per heavy atom. The van der Waals surface area contributed by atoms with Gasteiger partial charge in [0.15, 0.2) is 0 Å². The average molecular weight is 293 g/mol. The molecule has 1 aliphatic heterocycles. The molecular weight excluding hydrogens is 274 g/mol. The fourth-order valence-electron chi connectivity index (χ4n) is 3.18. The van der Waals surface area contributed by atoms with E-state index in [2.05, 4.69) is 0 Å². The third kappa shape index (κ3) is 2.33. The van der Waals surface area contributed by atoms with Gasteiger partial charge in [0, 0.05) is 23.7 Å². The van der Waals surface area contributed by atoms with E-state index in [9.17, 15) is 9.59 Å². The van der Waals surface area contributed by atoms with Crippen molar-refractivity contribution in [3.63, 3.8) is 0 Å². The summed E-state index contributed by atoms with van der Waals surface area (Å²) in [6.07, 6.45) is 1.00. The van der Waals surface area contributed by atoms with Crippen LogP contribution < -0.4 is 4.90 Å². The molecule has 0 aliphatic carbocycles. The molecule has 3 rings (SSSR count). The fraction of sp³-hybridized carbons (Fsp3) is 0.263. The molecule has 3 nitrogen and oxygen atoms in total. The first-order valence-electron chi connectivity index (χ1n) is 7.46. The molecule has 112 valence electrons. The summed E-state index contributed by atoms with van der Waals surface area (Å²) in [5, 5.41) is 0. The molecule has 0 N–H and O–H groups in total. The van der Waals surface area contributed by atoms with Crippen molar-refractivity contribution in [2.24, 2.45) is 5.41 Å². The maximum absolute atomic E-state index is 12.9. The minimum absolute atomic E-state index is 0.0227. The van der Waals surface area contributed by atoms with Gasteiger partial charge in [0.05, 0.1) is 0 Å². The highest BCUT2D eigenvalue weighted by molar-refractivity contribution is 6.07. The standard InChI is InChI=1S/C19H19NO2/c1-19(2)13-20(18(22)14-8-4-3-5-9-14)17-11-7-6-10-15(17)16(19)12-21/h3-12,16H,13H2,1-2H3. The number of carbonyl (C=O) groups excluding carboxylic acids is 2. The van der Waals surface area contributed by atoms with Crippen LogP contribution in [0.25, 0.3) is 0 Å². The predicted octanol–water partition coefficient (Wildman–Crippen LogP) is 3.66. The number of nitrogens with zero attached hydrogens (tertiary/aromatic N) is 1. The van der Waals surface area contributed by atoms with Crippen molar-refractivity contribution in [3.8, 4) is 0 Å². The number of fused-ring (bicyclic) bond motifs is 1. The molecule has 0 aromatic heterocycles. The number of aldehydes is 1. The van der Waals surface area contributed by atoms with Crippen LogP contribution in [0.4, 0.5) is 5.69 Å². The van der Waals surface area contributed by atoms with Gasteiger partial charge in [0.1, 0.15) is 6.29 Å². The van der Waals surface area contributed by atoms with Gasteiger partial charge in [-0.1, -0.05) is 50.2 Å². The molecule has 2 aromatic rings. The van der Waals surface area contributed by atoms with E-state index in [0.717, 1.165) is 17.5 Å². The number of hydrogen-bond acceptors (Lipinski definition) is 2. The lowest BCUT2D eigenvalue weighted by Crippen LogP contribution is -2.46. The van der Waals surface area contributed by atoms with E-state index >= 15 is 0 Å². The summed E-state index contributed by atoms with van der Waals surface area (Å²) in [4.78, 5) is 26.3. The zero-order chi connectivity index (χ0) is 15.7. The maximum Gasteiger partial charge on any atom is 0.258 e. The summed E-state index contributed by atoms with van der Waals surface area (Å²) in [6, 6.07) is 17.0. The zero-order valence-corrected chi connectivity index (χ0v) is 12.8. The van der Waals surface area contributed by atoms with Crippen molar-refractivity contribution in [2.75, 3.05) is 11.4 Å². The van der Waals surface area contributed by atoms with Gasteiger partial charge in [-0.05, 0) is 29.2 Å². The van der Waals surface area contributed by atoms with Crippen molar-refractivity contribution >= 4 is 17.9 Å². The molecule has 1 unspecified atom stereocenters. The van der Waals surface area contributed by atoms with E-state index < -0.39 is 0 Å². The molecule has 1 atom stereocenters. The minimum atomic E-state index is -0.291. The lowest BCUT2D eigenvalue weighted by molar-refractivity contribution is -0.111. The predicted molar refractivity (Wildman–Crippen MR) is 87.1 cm³/mol. The third-order valence-electron chi connectivity index (χ3n) is 4.37. The number of anilines is 1. The summed E-state index contributed by atoms with van der Waals surface area (Å²) in [6.45, 7) is 4.60. The van der Waals surface area contributed by atoms with Crippen LogP contribution in [0, 0.1) is 5.41 Å². The number of benzene rings is 2. The van der Waals surface area contributed by atoms with E-state index in [1.807, 2.05) is 68.4 Å². The van der Waals surface area contributed by atoms with E-state index in [4.69, 9.17) is 0 Å². The molecular formula is C19H19NO2. The fourth-order valence-corrected chi connectivity index (χ4v) is 3.18. The Morgan fingerprint density at radius 3 is 2.41 bits per heavy atom. The minimum Gasteiger partial charge on any atom is -0.307 e. The topological polar surface area (TPSA) is 37.4 Å². The summed E-state index contributed by atoms with van der Waals surface area (Å²) >= 11 is 0. The van der Waals surface area contributed by atoms with E-state index in [1.165, 1.54) is 0 Å². The first kappa shape index (κ1) is 14.5. The normalized spacial score (nSPS) is 19.4. The van der Waals surface area contributed by atoms with Crippen LogP contribution in [0.15, 0.2) is 54.6 Å². The average Bonchev–Trinajstić information content (AvgIpc) is 2.54. The van der Waals surface area contributed by atoms with Crippen LogP contribution >= 0.6 is 0 Å². The highest BCUT2D eigenvalue weighted by Crippen LogP contribution is 2.44. The zero-order valence-electron chi connectivity index (χ0n) is 12.8. The molecule has 0 radical (unpaired) electrons. The summed E-state index contributed by atoms with van der Waals surface area (Å²) in [7, 11) is 0. The van der Waals surface area contributed by atoms with Gasteiger partial charge in [-0.25, -0.2) is 0 Å². The second-order valence-electron chi connectivity index (χ2n) is 6.42. The smallest absolute Gasteiger partial charge is 0.258 e. The quantitative estimate of drug-likeness (QED) is 0.792. The van der Waals surface area contributed by atoms with Gasteiger partial charge in [-0.15, -0.1) is 0 Å². The van der Waals surface area contributed by atoms with E-state index in [-0.39, 0.29) is 17.2 Å². The largest absolute Gasteiger partial charge is 0.307 e. The Morgan fingerprint density at radius 1 is 1.09 bits per heavy atom. The van der Waals surface area contributed by atoms with Gasteiger partial charge < -0.3 is 9.69 Å². The van der Waals surface area contributed by atoms with Gasteiger partial charge in [0.25, 0.3) is 5.91 Å². The molecule has 1 heterocycles. The molecule has 0 spiro atoms. The van der Waals surface area contributed by atoms with E-state index in [0.29, 0.717) is 12.1 Å². The van der Waals surface area contributed by atoms with Crippen LogP contribution in [-0.4, -0.2) is 18.7 Å². The highest BCUT2D eigenvalue weighted by Gasteiger charge is 2.41. The molecule has 1 amide bonds. The van der Waals surface area contributed by atoms with Crippen LogP contribution in [0.5, 0.6) is 0 Å². The molecule has 0 fully saturated rings. The molecule has 2 aromatic carbocycles. The Hall–Kier alpha value is -2.42. The van der Waals surface area contributed by atoms with Crippen molar-refractivity contribution in [3.05, 3.63) is 65.7 Å². The van der Waals surface area contributed by atoms with Gasteiger partial charge >= 0.3 is 0 Å². The Balaban J connectivity index is 2.09. The van der Waals surface area contributed by atoms with Crippen molar-refractivity contribution in [1.29, 1.82) is 0 Å². The van der Waals surface area contributed by atoms with E-state index in [1.54, 1.807) is 4.90 Å². The molecule has 0 saturated carbocycles. The SMILES string of the molecule is CC1(C)CN(C(=O)c2ccccc2)c2ccccc2C1C=O. The monoisotopic (exact) mass is 293 g/mol. The van der Waals surface area contributed by atoms with Crippen LogP contribution in [0.3, 0.4) is 0 Å². The van der Waals surface area contributed by atoms with Gasteiger partial charge in [0.2, 0.25) is 0 Å². The lowest BCUT2D eigenvalue weighted by Gasteiger charge is -2.43. The van der Waals surface area contributed by atoms with Gasteiger partial charge in [-0.2, -0.15) is 0 Å². The molecule has 0 bridgehead atoms. The summed E-state index contributed by atoms with van der Waals surface area (Å²) in [5.74, 6) is -0.214. The maximum atomic E-state index is 12.9. The second kappa shape index (κ2) is 5.41. The molecule has 22 heavy (non-hydrogen) atoms. The molecule has 0 saturated heterocycles. The number of para-hydroxylation sites is 1. The van der Waals surface area contributed by atoms with Crippen molar-refractivity contribution < 1.29 is 9.59 Å². The lowest BCUT2D eigenvalue weighted by atomic mass is 9.72. The molecule has 3 heteroatoms. The van der Waals surface area contributed by atoms with Crippen LogP contribution in [-0.2, 0) is 4.79 Å². The summed E-state index contributed by atoms with van der Waals surface area (Å²) < 4.78 is 0. The summed E-state index contributed by atoms with van der Waals surface area (Å²) in [5.41, 5.74) is 2.14. The number of hydrogen-bond donors (Lipinski definition) is 0. The Kier molecular flexibility index (Phi) is 3.57. The van der Waals surface area contributed by atoms with Gasteiger partial charge in [-0.3, -0.25) is 4.79 Å². The Bertz CT molecular complexity index is 706.